The van der Waals surface area contributed by atoms with Crippen LogP contribution < -0.4 is 9.62 Å². The van der Waals surface area contributed by atoms with Crippen molar-refractivity contribution in [2.45, 2.75) is 37.8 Å². The summed E-state index contributed by atoms with van der Waals surface area (Å²) in [5.74, 6) is -0.815. The van der Waals surface area contributed by atoms with Crippen molar-refractivity contribution in [1.29, 1.82) is 0 Å². The average molecular weight is 528 g/mol. The number of carbonyl (C=O) groups excluding carboxylic acids is 2. The molecule has 3 rings (SSSR count). The van der Waals surface area contributed by atoms with Crippen molar-refractivity contribution in [3.05, 3.63) is 95.0 Å². The van der Waals surface area contributed by atoms with Gasteiger partial charge < -0.3 is 10.2 Å². The number of rotatable bonds is 10. The minimum absolute atomic E-state index is 0.0557. The van der Waals surface area contributed by atoms with Crippen LogP contribution in [0.1, 0.15) is 24.5 Å². The Labute approximate surface area is 217 Å². The largest absolute Gasteiger partial charge is 0.357 e. The molecule has 0 spiro atoms. The summed E-state index contributed by atoms with van der Waals surface area (Å²) < 4.78 is 28.6. The van der Waals surface area contributed by atoms with Crippen LogP contribution >= 0.6 is 11.6 Å². The monoisotopic (exact) mass is 527 g/mol. The van der Waals surface area contributed by atoms with Gasteiger partial charge in [-0.2, -0.15) is 0 Å². The normalized spacial score (nSPS) is 12.0. The predicted molar refractivity (Wildman–Crippen MR) is 142 cm³/mol. The maximum absolute atomic E-state index is 13.8. The number of amides is 2. The maximum atomic E-state index is 13.8. The molecule has 190 valence electrons. The quantitative estimate of drug-likeness (QED) is 0.423. The molecule has 0 aromatic heterocycles. The molecule has 7 nitrogen and oxygen atoms in total. The molecule has 1 N–H and O–H groups in total. The number of nitrogens with one attached hydrogen (secondary N) is 1. The fraction of sp³-hybridized carbons (Fsp3) is 0.259. The van der Waals surface area contributed by atoms with Crippen molar-refractivity contribution in [1.82, 2.24) is 10.2 Å². The van der Waals surface area contributed by atoms with Crippen LogP contribution in [0.25, 0.3) is 0 Å². The van der Waals surface area contributed by atoms with E-state index in [2.05, 4.69) is 5.32 Å². The van der Waals surface area contributed by atoms with E-state index in [1.54, 1.807) is 43.3 Å². The number of anilines is 1. The third kappa shape index (κ3) is 6.25. The number of likely N-dealkylation sites (N-methyl/N-ethyl adjacent to an activating group) is 1. The van der Waals surface area contributed by atoms with E-state index in [4.69, 9.17) is 11.6 Å². The fourth-order valence-corrected chi connectivity index (χ4v) is 5.72. The van der Waals surface area contributed by atoms with Crippen molar-refractivity contribution < 1.29 is 18.0 Å². The first-order valence-electron chi connectivity index (χ1n) is 11.6. The molecule has 0 bridgehead atoms. The van der Waals surface area contributed by atoms with E-state index in [9.17, 15) is 18.0 Å². The van der Waals surface area contributed by atoms with Gasteiger partial charge in [-0.3, -0.25) is 13.9 Å². The Balaban J connectivity index is 2.07. The van der Waals surface area contributed by atoms with E-state index in [0.717, 1.165) is 9.87 Å². The van der Waals surface area contributed by atoms with E-state index in [-0.39, 0.29) is 17.3 Å². The molecule has 0 heterocycles. The molecule has 0 radical (unpaired) electrons. The highest BCUT2D eigenvalue weighted by atomic mass is 35.5. The molecule has 1 unspecified atom stereocenters. The molecular formula is C27H30ClN3O4S. The van der Waals surface area contributed by atoms with Gasteiger partial charge in [0.1, 0.15) is 12.6 Å². The van der Waals surface area contributed by atoms with Crippen molar-refractivity contribution in [3.63, 3.8) is 0 Å². The summed E-state index contributed by atoms with van der Waals surface area (Å²) in [6.07, 6.45) is 0.365. The summed E-state index contributed by atoms with van der Waals surface area (Å²) in [5, 5.41) is 3.07. The standard InChI is InChI=1S/C27H30ClN3O4S/c1-4-24(27(33)29-3)30(18-21-11-7-5-8-12-21)26(32)19-31(25-16-15-22(28)17-20(25)2)36(34,35)23-13-9-6-10-14-23/h5-17,24H,4,18-19H2,1-3H3,(H,29,33). The molecule has 36 heavy (non-hydrogen) atoms. The second kappa shape index (κ2) is 12.1. The lowest BCUT2D eigenvalue weighted by Gasteiger charge is -2.33. The Morgan fingerprint density at radius 1 is 0.972 bits per heavy atom. The number of aryl methyl sites for hydroxylation is 1. The highest BCUT2D eigenvalue weighted by Gasteiger charge is 2.33. The van der Waals surface area contributed by atoms with Gasteiger partial charge >= 0.3 is 0 Å². The van der Waals surface area contributed by atoms with Crippen LogP contribution in [0.3, 0.4) is 0 Å². The second-order valence-corrected chi connectivity index (χ2v) is 10.6. The van der Waals surface area contributed by atoms with Crippen LogP contribution in [-0.2, 0) is 26.2 Å². The summed E-state index contributed by atoms with van der Waals surface area (Å²) in [6, 6.07) is 21.3. The summed E-state index contributed by atoms with van der Waals surface area (Å²) in [6.45, 7) is 3.22. The zero-order chi connectivity index (χ0) is 26.3. The molecule has 2 amide bonds. The van der Waals surface area contributed by atoms with E-state index >= 15 is 0 Å². The number of sulfonamides is 1. The van der Waals surface area contributed by atoms with E-state index in [1.807, 2.05) is 37.3 Å². The topological polar surface area (TPSA) is 86.8 Å². The van der Waals surface area contributed by atoms with Crippen molar-refractivity contribution in [2.24, 2.45) is 0 Å². The third-order valence-electron chi connectivity index (χ3n) is 5.87. The van der Waals surface area contributed by atoms with E-state index in [0.29, 0.717) is 22.7 Å². The Kier molecular flexibility index (Phi) is 9.12. The van der Waals surface area contributed by atoms with Gasteiger partial charge in [-0.25, -0.2) is 8.42 Å². The van der Waals surface area contributed by atoms with Gasteiger partial charge in [-0.05, 0) is 54.8 Å². The van der Waals surface area contributed by atoms with E-state index < -0.39 is 28.5 Å². The van der Waals surface area contributed by atoms with E-state index in [1.165, 1.54) is 24.1 Å². The molecule has 3 aromatic carbocycles. The summed E-state index contributed by atoms with van der Waals surface area (Å²) in [4.78, 5) is 28.0. The second-order valence-electron chi connectivity index (χ2n) is 8.30. The van der Waals surface area contributed by atoms with Crippen LogP contribution in [0, 0.1) is 6.92 Å². The molecule has 9 heteroatoms. The van der Waals surface area contributed by atoms with Crippen molar-refractivity contribution >= 4 is 39.1 Å². The van der Waals surface area contributed by atoms with Crippen molar-refractivity contribution in [3.8, 4) is 0 Å². The number of hydrogen-bond acceptors (Lipinski definition) is 4. The Hall–Kier alpha value is -3.36. The van der Waals surface area contributed by atoms with Gasteiger partial charge in [-0.1, -0.05) is 67.1 Å². The average Bonchev–Trinajstić information content (AvgIpc) is 2.88. The molecule has 0 aliphatic carbocycles. The zero-order valence-corrected chi connectivity index (χ0v) is 22.1. The molecule has 0 saturated heterocycles. The smallest absolute Gasteiger partial charge is 0.264 e. The third-order valence-corrected chi connectivity index (χ3v) is 7.87. The van der Waals surface area contributed by atoms with Crippen LogP contribution in [0.2, 0.25) is 5.02 Å². The van der Waals surface area contributed by atoms with Crippen molar-refractivity contribution in [2.75, 3.05) is 17.9 Å². The number of benzene rings is 3. The highest BCUT2D eigenvalue weighted by Crippen LogP contribution is 2.29. The first-order valence-corrected chi connectivity index (χ1v) is 13.4. The molecular weight excluding hydrogens is 498 g/mol. The van der Waals surface area contributed by atoms with Crippen LogP contribution in [0.15, 0.2) is 83.8 Å². The van der Waals surface area contributed by atoms with Gasteiger partial charge in [-0.15, -0.1) is 0 Å². The van der Waals surface area contributed by atoms with Gasteiger partial charge in [0.05, 0.1) is 10.6 Å². The highest BCUT2D eigenvalue weighted by molar-refractivity contribution is 7.92. The summed E-state index contributed by atoms with van der Waals surface area (Å²) >= 11 is 6.12. The van der Waals surface area contributed by atoms with Gasteiger partial charge in [0.15, 0.2) is 0 Å². The maximum Gasteiger partial charge on any atom is 0.264 e. The first kappa shape index (κ1) is 27.2. The molecule has 3 aromatic rings. The van der Waals surface area contributed by atoms with Gasteiger partial charge in [0, 0.05) is 18.6 Å². The molecule has 0 aliphatic rings. The Morgan fingerprint density at radius 2 is 1.58 bits per heavy atom. The minimum atomic E-state index is -4.11. The number of nitrogens with zero attached hydrogens (tertiary/aromatic N) is 2. The zero-order valence-electron chi connectivity index (χ0n) is 20.5. The SMILES string of the molecule is CCC(C(=O)NC)N(Cc1ccccc1)C(=O)CN(c1ccc(Cl)cc1C)S(=O)(=O)c1ccccc1. The molecule has 0 saturated carbocycles. The first-order chi connectivity index (χ1) is 17.2. The predicted octanol–water partition coefficient (Wildman–Crippen LogP) is 4.40. The van der Waals surface area contributed by atoms with Crippen LogP contribution in [0.4, 0.5) is 5.69 Å². The lowest BCUT2D eigenvalue weighted by atomic mass is 10.1. The van der Waals surface area contributed by atoms with Gasteiger partial charge in [0.25, 0.3) is 10.0 Å². The molecule has 0 fully saturated rings. The van der Waals surface area contributed by atoms with Crippen LogP contribution in [0.5, 0.6) is 0 Å². The molecule has 1 atom stereocenters. The minimum Gasteiger partial charge on any atom is -0.357 e. The fourth-order valence-electron chi connectivity index (χ4n) is 4.00. The summed E-state index contributed by atoms with van der Waals surface area (Å²) in [7, 11) is -2.59. The van der Waals surface area contributed by atoms with Crippen LogP contribution in [-0.4, -0.2) is 44.8 Å². The number of halogens is 1. The Bertz CT molecular complexity index is 1300. The summed E-state index contributed by atoms with van der Waals surface area (Å²) in [5.41, 5.74) is 1.76. The lowest BCUT2D eigenvalue weighted by molar-refractivity contribution is -0.140. The van der Waals surface area contributed by atoms with Gasteiger partial charge in [0.2, 0.25) is 11.8 Å². The lowest BCUT2D eigenvalue weighted by Crippen LogP contribution is -2.51. The number of hydrogen-bond donors (Lipinski definition) is 1. The number of carbonyl (C=O) groups is 2. The Morgan fingerprint density at radius 3 is 2.14 bits per heavy atom. The molecule has 0 aliphatic heterocycles.